The van der Waals surface area contributed by atoms with Crippen molar-refractivity contribution in [2.24, 2.45) is 0 Å². The second-order valence-electron chi connectivity index (χ2n) is 10.2. The van der Waals surface area contributed by atoms with Crippen LogP contribution in [-0.2, 0) is 22.6 Å². The number of carbonyl (C=O) groups excluding carboxylic acids is 2. The summed E-state index contributed by atoms with van der Waals surface area (Å²) < 4.78 is 5.42. The third kappa shape index (κ3) is 7.73. The first-order valence-electron chi connectivity index (χ1n) is 13.8. The number of nitrogens with one attached hydrogen (secondary N) is 2. The average Bonchev–Trinajstić information content (AvgIpc) is 3.02. The number of likely N-dealkylation sites (N-methyl/N-ethyl adjacent to an activating group) is 1. The summed E-state index contributed by atoms with van der Waals surface area (Å²) >= 11 is 6.44. The smallest absolute Gasteiger partial charge is 0.234 e. The molecule has 1 aliphatic rings. The summed E-state index contributed by atoms with van der Waals surface area (Å²) in [6.07, 6.45) is 7.54. The Kier molecular flexibility index (Phi) is 9.81. The van der Waals surface area contributed by atoms with Gasteiger partial charge < -0.3 is 15.4 Å². The molecule has 1 fully saturated rings. The first-order valence-corrected chi connectivity index (χ1v) is 14.1. The maximum atomic E-state index is 12.7. The number of benzene rings is 2. The topological polar surface area (TPSA) is 122 Å². The van der Waals surface area contributed by atoms with Crippen molar-refractivity contribution in [3.8, 4) is 22.6 Å². The monoisotopic (exact) mass is 585 g/mol. The van der Waals surface area contributed by atoms with Crippen LogP contribution in [0, 0.1) is 0 Å². The second kappa shape index (κ2) is 14.1. The molecule has 0 aliphatic carbocycles. The van der Waals surface area contributed by atoms with Gasteiger partial charge >= 0.3 is 0 Å². The molecule has 3 heterocycles. The Labute approximate surface area is 249 Å². The molecule has 0 atom stereocenters. The van der Waals surface area contributed by atoms with Gasteiger partial charge in [-0.1, -0.05) is 41.9 Å². The number of hydrogen-bond acceptors (Lipinski definition) is 9. The quantitative estimate of drug-likeness (QED) is 0.246. The second-order valence-corrected chi connectivity index (χ2v) is 10.6. The number of hydrogen-bond donors (Lipinski definition) is 2. The van der Waals surface area contributed by atoms with E-state index in [1.54, 1.807) is 30.7 Å². The number of aldehydes is 1. The third-order valence-electron chi connectivity index (χ3n) is 6.94. The fraction of sp³-hybridized carbons (Fsp3) is 0.290. The molecule has 0 unspecified atom stereocenters. The molecular formula is C31H32ClN7O3. The fourth-order valence-electron chi connectivity index (χ4n) is 4.78. The molecular weight excluding hydrogens is 554 g/mol. The van der Waals surface area contributed by atoms with Gasteiger partial charge in [-0.05, 0) is 49.2 Å². The van der Waals surface area contributed by atoms with E-state index in [0.29, 0.717) is 59.9 Å². The van der Waals surface area contributed by atoms with E-state index < -0.39 is 0 Å². The van der Waals surface area contributed by atoms with Crippen molar-refractivity contribution in [1.82, 2.24) is 30.2 Å². The van der Waals surface area contributed by atoms with E-state index in [-0.39, 0.29) is 18.5 Å². The fourth-order valence-corrected chi connectivity index (χ4v) is 4.98. The summed E-state index contributed by atoms with van der Waals surface area (Å²) in [5.41, 5.74) is 4.40. The van der Waals surface area contributed by atoms with Gasteiger partial charge in [0.2, 0.25) is 11.9 Å². The molecule has 1 aliphatic heterocycles. The van der Waals surface area contributed by atoms with E-state index in [1.807, 2.05) is 48.3 Å². The largest absolute Gasteiger partial charge is 0.381 e. The van der Waals surface area contributed by atoms with Crippen LogP contribution in [0.3, 0.4) is 0 Å². The zero-order valence-corrected chi connectivity index (χ0v) is 24.1. The summed E-state index contributed by atoms with van der Waals surface area (Å²) in [6, 6.07) is 15.3. The zero-order valence-electron chi connectivity index (χ0n) is 23.3. The van der Waals surface area contributed by atoms with Crippen LogP contribution in [0.15, 0.2) is 67.1 Å². The minimum absolute atomic E-state index is 0.125. The summed E-state index contributed by atoms with van der Waals surface area (Å²) in [4.78, 5) is 44.1. The lowest BCUT2D eigenvalue weighted by Gasteiger charge is -2.23. The lowest BCUT2D eigenvalue weighted by atomic mass is 10.0. The molecule has 2 N–H and O–H groups in total. The van der Waals surface area contributed by atoms with Gasteiger partial charge in [0.1, 0.15) is 6.29 Å². The number of nitrogens with zero attached hydrogens (tertiary/aromatic N) is 5. The van der Waals surface area contributed by atoms with Gasteiger partial charge in [0, 0.05) is 61.4 Å². The maximum absolute atomic E-state index is 12.7. The highest BCUT2D eigenvalue weighted by molar-refractivity contribution is 6.32. The van der Waals surface area contributed by atoms with E-state index in [4.69, 9.17) is 16.3 Å². The molecule has 216 valence electrons. The van der Waals surface area contributed by atoms with Crippen LogP contribution in [0.2, 0.25) is 5.02 Å². The van der Waals surface area contributed by atoms with Crippen molar-refractivity contribution in [3.63, 3.8) is 0 Å². The van der Waals surface area contributed by atoms with E-state index in [2.05, 4.69) is 30.6 Å². The van der Waals surface area contributed by atoms with Gasteiger partial charge in [-0.25, -0.2) is 19.9 Å². The predicted molar refractivity (Wildman–Crippen MR) is 161 cm³/mol. The molecule has 42 heavy (non-hydrogen) atoms. The van der Waals surface area contributed by atoms with Gasteiger partial charge in [0.05, 0.1) is 23.5 Å². The van der Waals surface area contributed by atoms with Gasteiger partial charge in [0.25, 0.3) is 0 Å². The van der Waals surface area contributed by atoms with Crippen LogP contribution in [0.1, 0.15) is 34.3 Å². The van der Waals surface area contributed by atoms with Gasteiger partial charge in [-0.2, -0.15) is 0 Å². The molecule has 4 aromatic rings. The lowest BCUT2D eigenvalue weighted by molar-refractivity contribution is -0.122. The number of ether oxygens (including phenoxy) is 1. The number of amides is 1. The number of halogens is 1. The molecule has 5 rings (SSSR count). The highest BCUT2D eigenvalue weighted by Crippen LogP contribution is 2.28. The first kappa shape index (κ1) is 29.2. The minimum atomic E-state index is -0.125. The summed E-state index contributed by atoms with van der Waals surface area (Å²) in [5.74, 6) is 1.00. The predicted octanol–water partition coefficient (Wildman–Crippen LogP) is 4.41. The maximum Gasteiger partial charge on any atom is 0.234 e. The van der Waals surface area contributed by atoms with Crippen LogP contribution < -0.4 is 10.6 Å². The molecule has 2 aromatic heterocycles. The Morgan fingerprint density at radius 2 is 1.88 bits per heavy atom. The van der Waals surface area contributed by atoms with Crippen molar-refractivity contribution in [2.75, 3.05) is 32.1 Å². The third-order valence-corrected chi connectivity index (χ3v) is 7.22. The highest BCUT2D eigenvalue weighted by atomic mass is 35.5. The Bertz CT molecular complexity index is 1530. The number of carbonyl (C=O) groups is 2. The summed E-state index contributed by atoms with van der Waals surface area (Å²) in [7, 11) is 1.84. The van der Waals surface area contributed by atoms with E-state index >= 15 is 0 Å². The number of aromatic nitrogens is 4. The van der Waals surface area contributed by atoms with Crippen molar-refractivity contribution < 1.29 is 14.3 Å². The van der Waals surface area contributed by atoms with Crippen molar-refractivity contribution in [2.45, 2.75) is 32.0 Å². The molecule has 0 spiro atoms. The van der Waals surface area contributed by atoms with Crippen molar-refractivity contribution in [3.05, 3.63) is 88.8 Å². The van der Waals surface area contributed by atoms with Crippen LogP contribution in [0.4, 0.5) is 5.95 Å². The molecule has 0 radical (unpaired) electrons. The SMILES string of the molecule is CN(CC(=O)NCc1cccc(-c2ncccn2)c1)Cc1ccc(-c2nc(NC3CCOCC3)ncc2Cl)cc1C=O. The lowest BCUT2D eigenvalue weighted by Crippen LogP contribution is -2.34. The molecule has 1 amide bonds. The number of anilines is 1. The molecule has 11 heteroatoms. The highest BCUT2D eigenvalue weighted by Gasteiger charge is 2.17. The van der Waals surface area contributed by atoms with E-state index in [0.717, 1.165) is 35.8 Å². The molecule has 0 bridgehead atoms. The van der Waals surface area contributed by atoms with Crippen LogP contribution in [0.25, 0.3) is 22.6 Å². The molecule has 2 aromatic carbocycles. The summed E-state index contributed by atoms with van der Waals surface area (Å²) in [5, 5.41) is 6.71. The molecule has 10 nitrogen and oxygen atoms in total. The average molecular weight is 586 g/mol. The Morgan fingerprint density at radius 3 is 2.67 bits per heavy atom. The Hall–Kier alpha value is -4.25. The van der Waals surface area contributed by atoms with Crippen molar-refractivity contribution >= 4 is 29.7 Å². The van der Waals surface area contributed by atoms with E-state index in [1.165, 1.54) is 0 Å². The van der Waals surface area contributed by atoms with Crippen molar-refractivity contribution in [1.29, 1.82) is 0 Å². The summed E-state index contributed by atoms with van der Waals surface area (Å²) in [6.45, 7) is 2.37. The van der Waals surface area contributed by atoms with Gasteiger partial charge in [0.15, 0.2) is 5.82 Å². The normalized spacial score (nSPS) is 13.6. The minimum Gasteiger partial charge on any atom is -0.381 e. The Balaban J connectivity index is 1.19. The van der Waals surface area contributed by atoms with Crippen LogP contribution >= 0.6 is 11.6 Å². The van der Waals surface area contributed by atoms with Crippen LogP contribution in [-0.4, -0.2) is 69.9 Å². The number of rotatable bonds is 11. The molecule has 0 saturated carbocycles. The van der Waals surface area contributed by atoms with Gasteiger partial charge in [-0.3, -0.25) is 14.5 Å². The van der Waals surface area contributed by atoms with Gasteiger partial charge in [-0.15, -0.1) is 0 Å². The first-order chi connectivity index (χ1) is 20.5. The van der Waals surface area contributed by atoms with E-state index in [9.17, 15) is 9.59 Å². The molecule has 1 saturated heterocycles. The zero-order chi connectivity index (χ0) is 29.3. The Morgan fingerprint density at radius 1 is 1.07 bits per heavy atom. The van der Waals surface area contributed by atoms with Crippen LogP contribution in [0.5, 0.6) is 0 Å². The standard InChI is InChI=1S/C31H32ClN7O3/c1-39(19-28(41)35-16-21-4-2-5-23(14-21)30-33-10-3-11-34-30)18-24-7-6-22(15-25(24)20-40)29-27(32)17-36-31(38-29)37-26-8-12-42-13-9-26/h2-7,10-11,14-15,17,20,26H,8-9,12-13,16,18-19H2,1H3,(H,35,41)(H,36,37,38).